The van der Waals surface area contributed by atoms with E-state index in [1.807, 2.05) is 6.92 Å². The normalized spacial score (nSPS) is 12.2. The van der Waals surface area contributed by atoms with Gasteiger partial charge in [0, 0.05) is 18.4 Å². The van der Waals surface area contributed by atoms with Gasteiger partial charge in [0.15, 0.2) is 0 Å². The van der Waals surface area contributed by atoms with Gasteiger partial charge >= 0.3 is 6.01 Å². The molecule has 0 aliphatic heterocycles. The fraction of sp³-hybridized carbons (Fsp3) is 0.333. The van der Waals surface area contributed by atoms with E-state index in [4.69, 9.17) is 10.5 Å². The van der Waals surface area contributed by atoms with Gasteiger partial charge in [-0.15, -0.1) is 0 Å². The van der Waals surface area contributed by atoms with Crippen molar-refractivity contribution in [2.45, 2.75) is 32.7 Å². The third-order valence-corrected chi connectivity index (χ3v) is 3.04. The minimum Gasteiger partial charge on any atom is -0.424 e. The van der Waals surface area contributed by atoms with Crippen LogP contribution in [-0.4, -0.2) is 16.0 Å². The van der Waals surface area contributed by atoms with E-state index in [0.29, 0.717) is 11.3 Å². The number of ether oxygens (including phenoxy) is 1. The number of aryl methyl sites for hydroxylation is 1. The summed E-state index contributed by atoms with van der Waals surface area (Å²) < 4.78 is 18.5. The molecule has 0 radical (unpaired) electrons. The summed E-state index contributed by atoms with van der Waals surface area (Å²) in [5, 5.41) is 0. The van der Waals surface area contributed by atoms with E-state index in [1.54, 1.807) is 25.4 Å². The summed E-state index contributed by atoms with van der Waals surface area (Å²) in [4.78, 5) is 8.28. The maximum absolute atomic E-state index is 13.0. The van der Waals surface area contributed by atoms with Crippen LogP contribution in [-0.2, 0) is 6.42 Å². The molecule has 1 aromatic heterocycles. The zero-order chi connectivity index (χ0) is 14.5. The van der Waals surface area contributed by atoms with Crippen LogP contribution in [0.3, 0.4) is 0 Å². The molecule has 0 saturated heterocycles. The molecule has 1 unspecified atom stereocenters. The second-order valence-corrected chi connectivity index (χ2v) is 4.76. The third kappa shape index (κ3) is 3.74. The van der Waals surface area contributed by atoms with Crippen LogP contribution >= 0.6 is 0 Å². The van der Waals surface area contributed by atoms with Gasteiger partial charge in [-0.3, -0.25) is 0 Å². The highest BCUT2D eigenvalue weighted by atomic mass is 19.1. The van der Waals surface area contributed by atoms with Crippen molar-refractivity contribution >= 4 is 0 Å². The Hall–Kier alpha value is -2.01. The minimum atomic E-state index is -0.292. The van der Waals surface area contributed by atoms with Gasteiger partial charge in [-0.1, -0.05) is 6.92 Å². The van der Waals surface area contributed by atoms with Crippen molar-refractivity contribution < 1.29 is 9.13 Å². The monoisotopic (exact) mass is 275 g/mol. The number of nitrogens with two attached hydrogens (primary N) is 1. The maximum Gasteiger partial charge on any atom is 0.321 e. The van der Waals surface area contributed by atoms with Crippen molar-refractivity contribution in [1.82, 2.24) is 9.97 Å². The topological polar surface area (TPSA) is 61.0 Å². The number of hydrogen-bond acceptors (Lipinski definition) is 4. The number of aromatic nitrogens is 2. The largest absolute Gasteiger partial charge is 0.424 e. The van der Waals surface area contributed by atoms with Gasteiger partial charge in [-0.25, -0.2) is 14.4 Å². The molecular weight excluding hydrogens is 257 g/mol. The fourth-order valence-electron chi connectivity index (χ4n) is 1.77. The third-order valence-electron chi connectivity index (χ3n) is 3.04. The molecule has 0 aliphatic rings. The number of nitrogens with zero attached hydrogens (tertiary/aromatic N) is 2. The van der Waals surface area contributed by atoms with Crippen molar-refractivity contribution in [3.05, 3.63) is 47.5 Å². The number of halogens is 1. The molecule has 20 heavy (non-hydrogen) atoms. The number of rotatable bonds is 5. The molecule has 2 N–H and O–H groups in total. The molecule has 2 aromatic rings. The second-order valence-electron chi connectivity index (χ2n) is 4.76. The Morgan fingerprint density at radius 3 is 2.60 bits per heavy atom. The van der Waals surface area contributed by atoms with Crippen LogP contribution in [0.1, 0.15) is 24.5 Å². The molecule has 0 fully saturated rings. The molecule has 0 aliphatic carbocycles. The highest BCUT2D eigenvalue weighted by molar-refractivity contribution is 5.34. The van der Waals surface area contributed by atoms with Gasteiger partial charge in [0.05, 0.1) is 0 Å². The Balaban J connectivity index is 2.07. The van der Waals surface area contributed by atoms with Crippen LogP contribution in [0.15, 0.2) is 30.6 Å². The fourth-order valence-corrected chi connectivity index (χ4v) is 1.77. The lowest BCUT2D eigenvalue weighted by molar-refractivity contribution is 0.436. The van der Waals surface area contributed by atoms with E-state index in [2.05, 4.69) is 9.97 Å². The van der Waals surface area contributed by atoms with Crippen LogP contribution in [0.2, 0.25) is 0 Å². The molecule has 1 aromatic carbocycles. The van der Waals surface area contributed by atoms with Gasteiger partial charge < -0.3 is 10.5 Å². The van der Waals surface area contributed by atoms with E-state index in [-0.39, 0.29) is 17.9 Å². The van der Waals surface area contributed by atoms with E-state index < -0.39 is 0 Å². The van der Waals surface area contributed by atoms with E-state index in [9.17, 15) is 4.39 Å². The summed E-state index contributed by atoms with van der Waals surface area (Å²) in [7, 11) is 0. The van der Waals surface area contributed by atoms with Gasteiger partial charge in [-0.2, -0.15) is 0 Å². The Morgan fingerprint density at radius 1 is 1.30 bits per heavy atom. The van der Waals surface area contributed by atoms with E-state index >= 15 is 0 Å². The molecular formula is C15H18FN3O. The average molecular weight is 275 g/mol. The molecule has 0 amide bonds. The Morgan fingerprint density at radius 2 is 2.00 bits per heavy atom. The van der Waals surface area contributed by atoms with Crippen LogP contribution in [0.4, 0.5) is 4.39 Å². The Bertz CT molecular complexity index is 572. The zero-order valence-electron chi connectivity index (χ0n) is 11.6. The smallest absolute Gasteiger partial charge is 0.321 e. The summed E-state index contributed by atoms with van der Waals surface area (Å²) in [6, 6.07) is 4.67. The molecule has 0 bridgehead atoms. The summed E-state index contributed by atoms with van der Waals surface area (Å²) in [6.07, 6.45) is 5.06. The molecule has 4 nitrogen and oxygen atoms in total. The first-order valence-electron chi connectivity index (χ1n) is 6.59. The van der Waals surface area contributed by atoms with Gasteiger partial charge in [-0.05, 0) is 49.1 Å². The zero-order valence-corrected chi connectivity index (χ0v) is 11.6. The molecule has 0 saturated carbocycles. The lowest BCUT2D eigenvalue weighted by Gasteiger charge is -2.09. The minimum absolute atomic E-state index is 0.115. The second kappa shape index (κ2) is 6.43. The van der Waals surface area contributed by atoms with Crippen LogP contribution in [0, 0.1) is 12.7 Å². The first-order chi connectivity index (χ1) is 9.58. The summed E-state index contributed by atoms with van der Waals surface area (Å²) in [6.45, 7) is 3.81. The van der Waals surface area contributed by atoms with Crippen LogP contribution in [0.5, 0.6) is 11.8 Å². The summed E-state index contributed by atoms with van der Waals surface area (Å²) in [5.74, 6) is 0.254. The standard InChI is InChI=1S/C15H18FN3O/c1-3-13(17)7-11-8-18-15(19-9-11)20-14-5-4-12(16)6-10(14)2/h4-6,8-9,13H,3,7,17H2,1-2H3. The molecule has 1 heterocycles. The van der Waals surface area contributed by atoms with Crippen molar-refractivity contribution in [3.63, 3.8) is 0 Å². The highest BCUT2D eigenvalue weighted by Gasteiger charge is 2.06. The molecule has 5 heteroatoms. The van der Waals surface area contributed by atoms with Crippen molar-refractivity contribution in [1.29, 1.82) is 0 Å². The van der Waals surface area contributed by atoms with Crippen LogP contribution in [0.25, 0.3) is 0 Å². The summed E-state index contributed by atoms with van der Waals surface area (Å²) in [5.41, 5.74) is 7.55. The molecule has 2 rings (SSSR count). The van der Waals surface area contributed by atoms with Gasteiger partial charge in [0.2, 0.25) is 0 Å². The lowest BCUT2D eigenvalue weighted by atomic mass is 10.1. The predicted molar refractivity (Wildman–Crippen MR) is 75.2 cm³/mol. The first kappa shape index (κ1) is 14.4. The average Bonchev–Trinajstić information content (AvgIpc) is 2.44. The molecule has 0 spiro atoms. The van der Waals surface area contributed by atoms with E-state index in [1.165, 1.54) is 12.1 Å². The number of benzene rings is 1. The summed E-state index contributed by atoms with van der Waals surface area (Å²) >= 11 is 0. The van der Waals surface area contributed by atoms with Gasteiger partial charge in [0.1, 0.15) is 11.6 Å². The SMILES string of the molecule is CCC(N)Cc1cnc(Oc2ccc(F)cc2C)nc1. The van der Waals surface area contributed by atoms with Crippen molar-refractivity contribution in [3.8, 4) is 11.8 Å². The van der Waals surface area contributed by atoms with E-state index in [0.717, 1.165) is 18.4 Å². The quantitative estimate of drug-likeness (QED) is 0.911. The molecule has 1 atom stereocenters. The lowest BCUT2D eigenvalue weighted by Crippen LogP contribution is -2.21. The van der Waals surface area contributed by atoms with Gasteiger partial charge in [0.25, 0.3) is 0 Å². The predicted octanol–water partition coefficient (Wildman–Crippen LogP) is 3.00. The van der Waals surface area contributed by atoms with Crippen LogP contribution < -0.4 is 10.5 Å². The van der Waals surface area contributed by atoms with Crippen molar-refractivity contribution in [2.24, 2.45) is 5.73 Å². The Labute approximate surface area is 117 Å². The molecule has 106 valence electrons. The highest BCUT2D eigenvalue weighted by Crippen LogP contribution is 2.22. The first-order valence-corrected chi connectivity index (χ1v) is 6.59. The number of hydrogen-bond donors (Lipinski definition) is 1. The van der Waals surface area contributed by atoms with Crippen molar-refractivity contribution in [2.75, 3.05) is 0 Å². The maximum atomic E-state index is 13.0. The Kier molecular flexibility index (Phi) is 4.63.